The van der Waals surface area contributed by atoms with Crippen molar-refractivity contribution in [3.05, 3.63) is 65.9 Å². The van der Waals surface area contributed by atoms with Crippen LogP contribution >= 0.6 is 0 Å². The molecule has 0 radical (unpaired) electrons. The van der Waals surface area contributed by atoms with Crippen molar-refractivity contribution >= 4 is 10.9 Å². The molecule has 0 aliphatic heterocycles. The zero-order valence-electron chi connectivity index (χ0n) is 14.7. The molecule has 1 aliphatic carbocycles. The predicted octanol–water partition coefficient (Wildman–Crippen LogP) is 3.09. The molecule has 7 nitrogen and oxygen atoms in total. The third-order valence-corrected chi connectivity index (χ3v) is 4.87. The number of nitrogens with zero attached hydrogens (tertiary/aromatic N) is 6. The van der Waals surface area contributed by atoms with Crippen molar-refractivity contribution in [2.24, 2.45) is 7.05 Å². The van der Waals surface area contributed by atoms with Gasteiger partial charge in [0.05, 0.1) is 35.4 Å². The fourth-order valence-corrected chi connectivity index (χ4v) is 3.57. The summed E-state index contributed by atoms with van der Waals surface area (Å²) in [5.74, 6) is 0.775. The van der Waals surface area contributed by atoms with E-state index in [0.717, 1.165) is 46.4 Å². The second-order valence-electron chi connectivity index (χ2n) is 6.67. The van der Waals surface area contributed by atoms with Gasteiger partial charge in [-0.15, -0.1) is 0 Å². The molecule has 7 heteroatoms. The number of pyridine rings is 1. The lowest BCUT2D eigenvalue weighted by Crippen LogP contribution is -2.05. The van der Waals surface area contributed by atoms with Crippen molar-refractivity contribution in [2.45, 2.75) is 18.9 Å². The molecule has 0 unspecified atom stereocenters. The van der Waals surface area contributed by atoms with E-state index in [2.05, 4.69) is 21.3 Å². The molecule has 5 rings (SSSR count). The van der Waals surface area contributed by atoms with Crippen LogP contribution in [0.5, 0.6) is 5.75 Å². The minimum Gasteiger partial charge on any atom is -0.484 e. The van der Waals surface area contributed by atoms with Gasteiger partial charge in [0.1, 0.15) is 23.6 Å². The number of rotatable bonds is 3. The van der Waals surface area contributed by atoms with Gasteiger partial charge >= 0.3 is 0 Å². The van der Waals surface area contributed by atoms with Gasteiger partial charge in [0, 0.05) is 24.7 Å². The zero-order chi connectivity index (χ0) is 18.4. The summed E-state index contributed by atoms with van der Waals surface area (Å²) in [6.07, 6.45) is 8.78. The molecule has 0 bridgehead atoms. The predicted molar refractivity (Wildman–Crippen MR) is 98.5 cm³/mol. The Balaban J connectivity index is 1.48. The van der Waals surface area contributed by atoms with Gasteiger partial charge < -0.3 is 4.74 Å². The van der Waals surface area contributed by atoms with Crippen LogP contribution in [0.15, 0.2) is 49.1 Å². The molecule has 0 saturated carbocycles. The van der Waals surface area contributed by atoms with Crippen molar-refractivity contribution in [1.29, 1.82) is 5.26 Å². The third-order valence-electron chi connectivity index (χ3n) is 4.87. The second kappa shape index (κ2) is 5.95. The van der Waals surface area contributed by atoms with Crippen molar-refractivity contribution in [3.63, 3.8) is 0 Å². The van der Waals surface area contributed by atoms with Gasteiger partial charge in [-0.1, -0.05) is 0 Å². The van der Waals surface area contributed by atoms with E-state index in [9.17, 15) is 0 Å². The van der Waals surface area contributed by atoms with E-state index in [0.29, 0.717) is 5.56 Å². The molecule has 0 spiro atoms. The average molecular weight is 356 g/mol. The first kappa shape index (κ1) is 15.6. The lowest BCUT2D eigenvalue weighted by atomic mass is 10.2. The topological polar surface area (TPSA) is 81.5 Å². The highest BCUT2D eigenvalue weighted by atomic mass is 16.5. The molecule has 4 aromatic rings. The molecule has 3 heterocycles. The van der Waals surface area contributed by atoms with Crippen molar-refractivity contribution in [3.8, 4) is 17.5 Å². The van der Waals surface area contributed by atoms with E-state index in [1.807, 2.05) is 48.4 Å². The van der Waals surface area contributed by atoms with Crippen LogP contribution in [-0.4, -0.2) is 24.5 Å². The minimum absolute atomic E-state index is 0.0973. The molecule has 0 saturated heterocycles. The summed E-state index contributed by atoms with van der Waals surface area (Å²) >= 11 is 0. The van der Waals surface area contributed by atoms with Crippen molar-refractivity contribution in [2.75, 3.05) is 0 Å². The van der Waals surface area contributed by atoms with Crippen molar-refractivity contribution in [1.82, 2.24) is 24.5 Å². The highest BCUT2D eigenvalue weighted by molar-refractivity contribution is 5.81. The lowest BCUT2D eigenvalue weighted by molar-refractivity contribution is 0.203. The SMILES string of the molecule is Cn1cc(-n2ncc3ccc(O[C@@H]4CCc5cc(C#N)cnc54)cc32)cn1. The molecule has 3 aromatic heterocycles. The van der Waals surface area contributed by atoms with Gasteiger partial charge in [0.2, 0.25) is 0 Å². The van der Waals surface area contributed by atoms with Crippen LogP contribution < -0.4 is 4.74 Å². The lowest BCUT2D eigenvalue weighted by Gasteiger charge is -2.14. The van der Waals surface area contributed by atoms with Crippen LogP contribution in [-0.2, 0) is 13.5 Å². The quantitative estimate of drug-likeness (QED) is 0.563. The van der Waals surface area contributed by atoms with E-state index >= 15 is 0 Å². The smallest absolute Gasteiger partial charge is 0.141 e. The van der Waals surface area contributed by atoms with E-state index in [1.165, 1.54) is 0 Å². The van der Waals surface area contributed by atoms with Crippen LogP contribution in [0, 0.1) is 11.3 Å². The summed E-state index contributed by atoms with van der Waals surface area (Å²) in [7, 11) is 1.88. The molecule has 0 amide bonds. The molecular weight excluding hydrogens is 340 g/mol. The summed E-state index contributed by atoms with van der Waals surface area (Å²) in [5, 5.41) is 18.8. The summed E-state index contributed by atoms with van der Waals surface area (Å²) < 4.78 is 9.85. The molecule has 27 heavy (non-hydrogen) atoms. The van der Waals surface area contributed by atoms with Crippen LogP contribution in [0.25, 0.3) is 16.6 Å². The average Bonchev–Trinajstić information content (AvgIpc) is 3.39. The fraction of sp³-hybridized carbons (Fsp3) is 0.200. The highest BCUT2D eigenvalue weighted by Gasteiger charge is 2.26. The summed E-state index contributed by atoms with van der Waals surface area (Å²) in [4.78, 5) is 4.45. The number of hydrogen-bond acceptors (Lipinski definition) is 5. The van der Waals surface area contributed by atoms with E-state index in [4.69, 9.17) is 10.00 Å². The van der Waals surface area contributed by atoms with E-state index < -0.39 is 0 Å². The van der Waals surface area contributed by atoms with E-state index in [1.54, 1.807) is 17.1 Å². The van der Waals surface area contributed by atoms with Gasteiger partial charge in [-0.3, -0.25) is 9.67 Å². The van der Waals surface area contributed by atoms with Crippen LogP contribution in [0.2, 0.25) is 0 Å². The maximum Gasteiger partial charge on any atom is 0.141 e. The Morgan fingerprint density at radius 2 is 2.11 bits per heavy atom. The van der Waals surface area contributed by atoms with Crippen LogP contribution in [0.4, 0.5) is 0 Å². The first-order valence-corrected chi connectivity index (χ1v) is 8.73. The van der Waals surface area contributed by atoms with Crippen LogP contribution in [0.3, 0.4) is 0 Å². The molecule has 1 aromatic carbocycles. The molecule has 1 atom stereocenters. The van der Waals surface area contributed by atoms with Crippen LogP contribution in [0.1, 0.15) is 29.3 Å². The van der Waals surface area contributed by atoms with Gasteiger partial charge in [0.15, 0.2) is 0 Å². The van der Waals surface area contributed by atoms with Gasteiger partial charge in [-0.05, 0) is 36.6 Å². The zero-order valence-corrected chi connectivity index (χ0v) is 14.7. The highest BCUT2D eigenvalue weighted by Crippen LogP contribution is 2.35. The Kier molecular flexibility index (Phi) is 3.44. The molecule has 0 fully saturated rings. The summed E-state index contributed by atoms with van der Waals surface area (Å²) in [5.41, 5.74) is 4.49. The fourth-order valence-electron chi connectivity index (χ4n) is 3.57. The Hall–Kier alpha value is -3.66. The van der Waals surface area contributed by atoms with E-state index in [-0.39, 0.29) is 6.10 Å². The monoisotopic (exact) mass is 356 g/mol. The number of aromatic nitrogens is 5. The second-order valence-corrected chi connectivity index (χ2v) is 6.67. The maximum absolute atomic E-state index is 9.04. The number of fused-ring (bicyclic) bond motifs is 2. The first-order valence-electron chi connectivity index (χ1n) is 8.73. The molecule has 0 N–H and O–H groups in total. The summed E-state index contributed by atoms with van der Waals surface area (Å²) in [6.45, 7) is 0. The van der Waals surface area contributed by atoms with Gasteiger partial charge in [-0.25, -0.2) is 4.68 Å². The van der Waals surface area contributed by atoms with Gasteiger partial charge in [-0.2, -0.15) is 15.5 Å². The standard InChI is InChI=1S/C20H16N6O/c1-25-12-16(11-23-25)26-18-7-17(4-2-15(18)10-24-26)27-19-5-3-14-6-13(8-21)9-22-20(14)19/h2,4,6-7,9-12,19H,3,5H2,1H3/t19-/m1/s1. The number of aryl methyl sites for hydroxylation is 2. The Labute approximate surface area is 155 Å². The van der Waals surface area contributed by atoms with Crippen molar-refractivity contribution < 1.29 is 4.74 Å². The Bertz CT molecular complexity index is 1200. The molecule has 132 valence electrons. The Morgan fingerprint density at radius 3 is 2.93 bits per heavy atom. The minimum atomic E-state index is -0.0973. The largest absolute Gasteiger partial charge is 0.484 e. The van der Waals surface area contributed by atoms with Gasteiger partial charge in [0.25, 0.3) is 0 Å². The number of benzene rings is 1. The molecule has 1 aliphatic rings. The summed E-state index contributed by atoms with van der Waals surface area (Å²) in [6, 6.07) is 10.0. The maximum atomic E-state index is 9.04. The first-order chi connectivity index (χ1) is 13.2. The third kappa shape index (κ3) is 2.62. The number of nitriles is 1. The normalized spacial score (nSPS) is 15.6. The molecular formula is C20H16N6O. The Morgan fingerprint density at radius 1 is 1.19 bits per heavy atom. The number of ether oxygens (including phenoxy) is 1. The number of hydrogen-bond donors (Lipinski definition) is 0.